The fourth-order valence-electron chi connectivity index (χ4n) is 8.66. The Morgan fingerprint density at radius 2 is 0.983 bits per heavy atom. The summed E-state index contributed by atoms with van der Waals surface area (Å²) in [4.78, 5) is 15.9. The van der Waals surface area contributed by atoms with Crippen molar-refractivity contribution in [3.63, 3.8) is 0 Å². The predicted molar refractivity (Wildman–Crippen MR) is 238 cm³/mol. The minimum absolute atomic E-state index is 0.554. The molecule has 9 aromatic carbocycles. The van der Waals surface area contributed by atoms with Gasteiger partial charge in [-0.15, -0.1) is 0 Å². The number of fused-ring (bicyclic) bond motifs is 9. The lowest BCUT2D eigenvalue weighted by atomic mass is 9.98. The van der Waals surface area contributed by atoms with Crippen LogP contribution in [0.1, 0.15) is 0 Å². The van der Waals surface area contributed by atoms with Gasteiger partial charge in [0, 0.05) is 38.2 Å². The van der Waals surface area contributed by atoms with Crippen LogP contribution < -0.4 is 0 Å². The second-order valence-corrected chi connectivity index (χ2v) is 14.8. The molecular formula is C53H32N4O. The first-order valence-corrected chi connectivity index (χ1v) is 19.5. The number of hydrogen-bond acceptors (Lipinski definition) is 4. The average molecular weight is 741 g/mol. The average Bonchev–Trinajstić information content (AvgIpc) is 3.85. The van der Waals surface area contributed by atoms with Crippen molar-refractivity contribution < 1.29 is 4.42 Å². The van der Waals surface area contributed by atoms with Crippen LogP contribution in [0.2, 0.25) is 0 Å². The van der Waals surface area contributed by atoms with Gasteiger partial charge in [0.25, 0.3) is 0 Å². The molecule has 0 aliphatic rings. The van der Waals surface area contributed by atoms with E-state index in [4.69, 9.17) is 19.4 Å². The maximum atomic E-state index is 6.26. The summed E-state index contributed by atoms with van der Waals surface area (Å²) in [6, 6.07) is 68.1. The van der Waals surface area contributed by atoms with Crippen molar-refractivity contribution in [1.29, 1.82) is 0 Å². The summed E-state index contributed by atoms with van der Waals surface area (Å²) >= 11 is 0. The van der Waals surface area contributed by atoms with Gasteiger partial charge in [-0.2, -0.15) is 9.97 Å². The highest BCUT2D eigenvalue weighted by molar-refractivity contribution is 6.23. The monoisotopic (exact) mass is 740 g/mol. The Bertz CT molecular complexity index is 3560. The third kappa shape index (κ3) is 5.14. The molecule has 5 heteroatoms. The molecule has 0 radical (unpaired) electrons. The zero-order valence-corrected chi connectivity index (χ0v) is 31.2. The summed E-state index contributed by atoms with van der Waals surface area (Å²) in [6.45, 7) is 0. The van der Waals surface area contributed by atoms with Crippen molar-refractivity contribution in [2.75, 3.05) is 0 Å². The molecule has 0 atom stereocenters. The maximum Gasteiger partial charge on any atom is 0.238 e. The molecule has 5 nitrogen and oxygen atoms in total. The van der Waals surface area contributed by atoms with Crippen LogP contribution in [-0.4, -0.2) is 19.5 Å². The summed E-state index contributed by atoms with van der Waals surface area (Å²) < 4.78 is 8.51. The molecule has 3 heterocycles. The molecule has 0 aliphatic heterocycles. The number of nitrogens with zero attached hydrogens (tertiary/aromatic N) is 4. The predicted octanol–water partition coefficient (Wildman–Crippen LogP) is 13.8. The minimum atomic E-state index is 0.554. The summed E-state index contributed by atoms with van der Waals surface area (Å²) in [5, 5.41) is 9.11. The van der Waals surface area contributed by atoms with E-state index in [0.717, 1.165) is 82.5 Å². The van der Waals surface area contributed by atoms with Crippen LogP contribution in [0.5, 0.6) is 0 Å². The van der Waals surface area contributed by atoms with Gasteiger partial charge in [0.05, 0.1) is 11.0 Å². The molecule has 0 spiro atoms. The number of benzene rings is 9. The third-order valence-corrected chi connectivity index (χ3v) is 11.4. The summed E-state index contributed by atoms with van der Waals surface area (Å²) in [6.07, 6.45) is 0. The molecule has 0 bridgehead atoms. The van der Waals surface area contributed by atoms with E-state index in [1.807, 2.05) is 18.2 Å². The fraction of sp³-hybridized carbons (Fsp3) is 0. The van der Waals surface area contributed by atoms with Gasteiger partial charge in [-0.3, -0.25) is 4.57 Å². The van der Waals surface area contributed by atoms with Gasteiger partial charge in [-0.25, -0.2) is 4.98 Å². The molecular weight excluding hydrogens is 709 g/mol. The van der Waals surface area contributed by atoms with E-state index >= 15 is 0 Å². The standard InChI is InChI=1S/C53H32N4O/c1-2-11-33(12-3-1)35-21-24-37(25-22-35)51-54-52(40-26-23-34-13-4-5-15-38(34)31-40)56-53(55-51)57-46-29-27-36-14-6-7-16-41(36)49(46)44-19-10-18-42(50(44)57)39-28-30-48-45(32-39)43-17-8-9-20-47(43)58-48/h1-32H. The van der Waals surface area contributed by atoms with Gasteiger partial charge in [-0.05, 0) is 68.6 Å². The van der Waals surface area contributed by atoms with Crippen molar-refractivity contribution in [3.8, 4) is 51.0 Å². The van der Waals surface area contributed by atoms with Crippen molar-refractivity contribution in [2.24, 2.45) is 0 Å². The second-order valence-electron chi connectivity index (χ2n) is 14.8. The summed E-state index contributed by atoms with van der Waals surface area (Å²) in [7, 11) is 0. The molecule has 270 valence electrons. The Kier molecular flexibility index (Phi) is 7.16. The molecule has 0 fully saturated rings. The quantitative estimate of drug-likeness (QED) is 0.176. The first-order valence-electron chi connectivity index (χ1n) is 19.5. The topological polar surface area (TPSA) is 56.7 Å². The van der Waals surface area contributed by atoms with Gasteiger partial charge in [-0.1, -0.05) is 164 Å². The fourth-order valence-corrected chi connectivity index (χ4v) is 8.66. The van der Waals surface area contributed by atoms with Crippen LogP contribution in [0, 0.1) is 0 Å². The van der Waals surface area contributed by atoms with E-state index in [2.05, 4.69) is 180 Å². The molecule has 0 saturated carbocycles. The van der Waals surface area contributed by atoms with Crippen LogP contribution >= 0.6 is 0 Å². The van der Waals surface area contributed by atoms with Gasteiger partial charge >= 0.3 is 0 Å². The number of furan rings is 1. The van der Waals surface area contributed by atoms with E-state index in [0.29, 0.717) is 17.6 Å². The SMILES string of the molecule is c1ccc(-c2ccc(-c3nc(-c4ccc5ccccc5c4)nc(-n4c5ccc6ccccc6c5c5cccc(-c6ccc7oc8ccccc8c7c6)c54)n3)cc2)cc1. The zero-order valence-electron chi connectivity index (χ0n) is 31.2. The largest absolute Gasteiger partial charge is 0.456 e. The number of hydrogen-bond donors (Lipinski definition) is 0. The first kappa shape index (κ1) is 32.4. The van der Waals surface area contributed by atoms with Crippen LogP contribution in [0.4, 0.5) is 0 Å². The molecule has 12 rings (SSSR count). The smallest absolute Gasteiger partial charge is 0.238 e. The number of rotatable bonds is 5. The van der Waals surface area contributed by atoms with E-state index in [1.54, 1.807) is 0 Å². The normalized spacial score (nSPS) is 11.8. The zero-order chi connectivity index (χ0) is 38.2. The van der Waals surface area contributed by atoms with Gasteiger partial charge in [0.15, 0.2) is 11.6 Å². The van der Waals surface area contributed by atoms with E-state index in [1.165, 1.54) is 16.2 Å². The Labute approximate surface area is 333 Å². The van der Waals surface area contributed by atoms with Gasteiger partial charge < -0.3 is 4.42 Å². The molecule has 3 aromatic heterocycles. The molecule has 58 heavy (non-hydrogen) atoms. The summed E-state index contributed by atoms with van der Waals surface area (Å²) in [5.41, 5.74) is 10.1. The lowest BCUT2D eigenvalue weighted by Gasteiger charge is -2.13. The van der Waals surface area contributed by atoms with Crippen LogP contribution in [0.15, 0.2) is 199 Å². The van der Waals surface area contributed by atoms with Crippen molar-refractivity contribution in [1.82, 2.24) is 19.5 Å². The second kappa shape index (κ2) is 12.8. The van der Waals surface area contributed by atoms with Crippen LogP contribution in [-0.2, 0) is 0 Å². The Morgan fingerprint density at radius 1 is 0.362 bits per heavy atom. The van der Waals surface area contributed by atoms with E-state index in [-0.39, 0.29) is 0 Å². The van der Waals surface area contributed by atoms with Gasteiger partial charge in [0.2, 0.25) is 5.95 Å². The van der Waals surface area contributed by atoms with Crippen molar-refractivity contribution >= 4 is 65.3 Å². The lowest BCUT2D eigenvalue weighted by molar-refractivity contribution is 0.669. The van der Waals surface area contributed by atoms with Gasteiger partial charge in [0.1, 0.15) is 11.2 Å². The molecule has 0 aliphatic carbocycles. The highest BCUT2D eigenvalue weighted by atomic mass is 16.3. The Hall–Kier alpha value is -7.89. The van der Waals surface area contributed by atoms with Crippen molar-refractivity contribution in [3.05, 3.63) is 194 Å². The van der Waals surface area contributed by atoms with E-state index in [9.17, 15) is 0 Å². The molecule has 12 aromatic rings. The molecule has 0 amide bonds. The van der Waals surface area contributed by atoms with Crippen molar-refractivity contribution in [2.45, 2.75) is 0 Å². The Balaban J connectivity index is 1.15. The maximum absolute atomic E-state index is 6.26. The lowest BCUT2D eigenvalue weighted by Crippen LogP contribution is -2.07. The van der Waals surface area contributed by atoms with Crippen LogP contribution in [0.3, 0.4) is 0 Å². The summed E-state index contributed by atoms with van der Waals surface area (Å²) in [5.74, 6) is 1.77. The highest BCUT2D eigenvalue weighted by Crippen LogP contribution is 2.42. The van der Waals surface area contributed by atoms with E-state index < -0.39 is 0 Å². The first-order chi connectivity index (χ1) is 28.7. The number of para-hydroxylation sites is 2. The molecule has 0 N–H and O–H groups in total. The highest BCUT2D eigenvalue weighted by Gasteiger charge is 2.22. The molecule has 0 unspecified atom stereocenters. The minimum Gasteiger partial charge on any atom is -0.456 e. The number of aromatic nitrogens is 4. The van der Waals surface area contributed by atoms with Crippen LogP contribution in [0.25, 0.3) is 116 Å². The Morgan fingerprint density at radius 3 is 1.84 bits per heavy atom. The molecule has 0 saturated heterocycles. The third-order valence-electron chi connectivity index (χ3n) is 11.4.